The Kier molecular flexibility index (Phi) is 4.82. The van der Waals surface area contributed by atoms with Gasteiger partial charge in [-0.1, -0.05) is 47.1 Å². The van der Waals surface area contributed by atoms with Gasteiger partial charge in [0.2, 0.25) is 0 Å². The number of rotatable bonds is 4. The fraction of sp³-hybridized carbons (Fsp3) is 0.417. The lowest BCUT2D eigenvalue weighted by atomic mass is 10.1. The molecule has 2 nitrogen and oxygen atoms in total. The van der Waals surface area contributed by atoms with Crippen LogP contribution in [0.15, 0.2) is 24.3 Å². The van der Waals surface area contributed by atoms with Crippen molar-refractivity contribution in [1.82, 2.24) is 0 Å². The fourth-order valence-electron chi connectivity index (χ4n) is 1.33. The van der Waals surface area contributed by atoms with Crippen molar-refractivity contribution < 1.29 is 9.53 Å². The Labute approximate surface area is 98.8 Å². The largest absolute Gasteiger partial charge is 0.468 e. The van der Waals surface area contributed by atoms with Gasteiger partial charge in [-0.25, -0.2) is 0 Å². The van der Waals surface area contributed by atoms with Gasteiger partial charge in [0.1, 0.15) is 4.83 Å². The summed E-state index contributed by atoms with van der Waals surface area (Å²) in [6, 6.07) is 8.28. The molecule has 0 saturated heterocycles. The summed E-state index contributed by atoms with van der Waals surface area (Å²) in [4.78, 5) is 10.9. The molecule has 82 valence electrons. The number of benzene rings is 1. The predicted octanol–water partition coefficient (Wildman–Crippen LogP) is 2.73. The summed E-state index contributed by atoms with van der Waals surface area (Å²) in [6.07, 6.45) is 1.70. The third-order valence-corrected chi connectivity index (χ3v) is 3.00. The number of ether oxygens (including phenoxy) is 1. The first-order chi connectivity index (χ1) is 7.17. The lowest BCUT2D eigenvalue weighted by molar-refractivity contribution is -0.139. The molecule has 0 heterocycles. The first-order valence-corrected chi connectivity index (χ1v) is 5.88. The molecule has 1 aromatic carbocycles. The van der Waals surface area contributed by atoms with Gasteiger partial charge in [0.05, 0.1) is 7.11 Å². The highest BCUT2D eigenvalue weighted by Gasteiger charge is 2.15. The molecule has 1 aromatic rings. The zero-order valence-corrected chi connectivity index (χ0v) is 10.6. The van der Waals surface area contributed by atoms with E-state index in [0.29, 0.717) is 6.42 Å². The highest BCUT2D eigenvalue weighted by Crippen LogP contribution is 2.12. The van der Waals surface area contributed by atoms with E-state index < -0.39 is 0 Å². The number of carbonyl (C=O) groups excluding carboxylic acids is 1. The Morgan fingerprint density at radius 3 is 2.33 bits per heavy atom. The Balaban J connectivity index is 2.60. The highest BCUT2D eigenvalue weighted by molar-refractivity contribution is 9.10. The Morgan fingerprint density at radius 2 is 1.87 bits per heavy atom. The van der Waals surface area contributed by atoms with Crippen LogP contribution < -0.4 is 0 Å². The van der Waals surface area contributed by atoms with Crippen molar-refractivity contribution in [2.24, 2.45) is 0 Å². The summed E-state index contributed by atoms with van der Waals surface area (Å²) < 4.78 is 4.64. The van der Waals surface area contributed by atoms with E-state index in [1.165, 1.54) is 12.7 Å². The van der Waals surface area contributed by atoms with E-state index in [1.807, 2.05) is 0 Å². The summed E-state index contributed by atoms with van der Waals surface area (Å²) >= 11 is 3.30. The van der Waals surface area contributed by atoms with Crippen molar-refractivity contribution in [3.05, 3.63) is 35.4 Å². The molecule has 3 heteroatoms. The van der Waals surface area contributed by atoms with Crippen LogP contribution in [0.25, 0.3) is 0 Å². The molecule has 0 saturated carbocycles. The minimum Gasteiger partial charge on any atom is -0.468 e. The number of methoxy groups -OCH3 is 1. The monoisotopic (exact) mass is 270 g/mol. The molecule has 1 atom stereocenters. The molecule has 0 amide bonds. The molecule has 1 unspecified atom stereocenters. The lowest BCUT2D eigenvalue weighted by Crippen LogP contribution is -2.17. The lowest BCUT2D eigenvalue weighted by Gasteiger charge is -2.07. The second-order valence-electron chi connectivity index (χ2n) is 3.36. The zero-order valence-electron chi connectivity index (χ0n) is 9.00. The summed E-state index contributed by atoms with van der Waals surface area (Å²) in [5.41, 5.74) is 2.45. The van der Waals surface area contributed by atoms with E-state index in [9.17, 15) is 4.79 Å². The maximum absolute atomic E-state index is 11.2. The van der Waals surface area contributed by atoms with Crippen LogP contribution >= 0.6 is 15.9 Å². The fourth-order valence-corrected chi connectivity index (χ4v) is 1.89. The number of esters is 1. The van der Waals surface area contributed by atoms with E-state index in [1.54, 1.807) is 0 Å². The van der Waals surface area contributed by atoms with E-state index in [2.05, 4.69) is 51.9 Å². The molecule has 0 aromatic heterocycles. The highest BCUT2D eigenvalue weighted by atomic mass is 79.9. The van der Waals surface area contributed by atoms with Crippen molar-refractivity contribution in [3.63, 3.8) is 0 Å². The standard InChI is InChI=1S/C12H15BrO2/c1-3-9-4-6-10(7-5-9)8-11(13)12(14)15-2/h4-7,11H,3,8H2,1-2H3. The van der Waals surface area contributed by atoms with Crippen LogP contribution in [0.1, 0.15) is 18.1 Å². The number of hydrogen-bond donors (Lipinski definition) is 0. The number of aryl methyl sites for hydroxylation is 1. The second kappa shape index (κ2) is 5.91. The summed E-state index contributed by atoms with van der Waals surface area (Å²) in [5, 5.41) is 0. The average molecular weight is 271 g/mol. The normalized spacial score (nSPS) is 12.2. The quantitative estimate of drug-likeness (QED) is 0.621. The van der Waals surface area contributed by atoms with E-state index in [0.717, 1.165) is 12.0 Å². The van der Waals surface area contributed by atoms with Crippen LogP contribution in [0.2, 0.25) is 0 Å². The second-order valence-corrected chi connectivity index (χ2v) is 4.47. The Morgan fingerprint density at radius 1 is 1.33 bits per heavy atom. The third-order valence-electron chi connectivity index (χ3n) is 2.30. The van der Waals surface area contributed by atoms with Crippen molar-refractivity contribution in [3.8, 4) is 0 Å². The first-order valence-electron chi connectivity index (χ1n) is 4.97. The topological polar surface area (TPSA) is 26.3 Å². The van der Waals surface area contributed by atoms with Gasteiger partial charge >= 0.3 is 5.97 Å². The van der Waals surface area contributed by atoms with Crippen molar-refractivity contribution in [1.29, 1.82) is 0 Å². The van der Waals surface area contributed by atoms with Gasteiger partial charge in [-0.05, 0) is 24.0 Å². The van der Waals surface area contributed by atoms with Crippen LogP contribution in [0, 0.1) is 0 Å². The first kappa shape index (κ1) is 12.2. The van der Waals surface area contributed by atoms with Gasteiger partial charge in [-0.2, -0.15) is 0 Å². The molecule has 0 aliphatic carbocycles. The van der Waals surface area contributed by atoms with Gasteiger partial charge in [0, 0.05) is 0 Å². The minimum atomic E-state index is -0.255. The summed E-state index contributed by atoms with van der Waals surface area (Å²) in [7, 11) is 1.40. The van der Waals surface area contributed by atoms with Crippen molar-refractivity contribution >= 4 is 21.9 Å². The Hall–Kier alpha value is -0.830. The number of carbonyl (C=O) groups is 1. The molecule has 1 rings (SSSR count). The molecule has 0 aliphatic rings. The van der Waals surface area contributed by atoms with Crippen molar-refractivity contribution in [2.75, 3.05) is 7.11 Å². The van der Waals surface area contributed by atoms with Gasteiger partial charge < -0.3 is 4.74 Å². The maximum Gasteiger partial charge on any atom is 0.319 e. The molecule has 0 radical (unpaired) electrons. The zero-order chi connectivity index (χ0) is 11.3. The number of halogens is 1. The molecule has 0 bridgehead atoms. The van der Waals surface area contributed by atoms with Gasteiger partial charge in [0.25, 0.3) is 0 Å². The van der Waals surface area contributed by atoms with Crippen LogP contribution in [0.5, 0.6) is 0 Å². The van der Waals surface area contributed by atoms with Crippen LogP contribution in [0.3, 0.4) is 0 Å². The van der Waals surface area contributed by atoms with Crippen LogP contribution in [-0.2, 0) is 22.4 Å². The molecular weight excluding hydrogens is 256 g/mol. The minimum absolute atomic E-state index is 0.227. The molecule has 0 aliphatic heterocycles. The average Bonchev–Trinajstić information content (AvgIpc) is 2.29. The van der Waals surface area contributed by atoms with Crippen molar-refractivity contribution in [2.45, 2.75) is 24.6 Å². The maximum atomic E-state index is 11.2. The summed E-state index contributed by atoms with van der Waals surface area (Å²) in [5.74, 6) is -0.227. The van der Waals surface area contributed by atoms with E-state index in [4.69, 9.17) is 0 Å². The Bertz CT molecular complexity index is 319. The van der Waals surface area contributed by atoms with Crippen LogP contribution in [-0.4, -0.2) is 17.9 Å². The number of alkyl halides is 1. The summed E-state index contributed by atoms with van der Waals surface area (Å²) in [6.45, 7) is 2.12. The molecule has 15 heavy (non-hydrogen) atoms. The molecule has 0 spiro atoms. The van der Waals surface area contributed by atoms with Gasteiger partial charge in [0.15, 0.2) is 0 Å². The third kappa shape index (κ3) is 3.67. The molecule has 0 N–H and O–H groups in total. The van der Waals surface area contributed by atoms with Crippen LogP contribution in [0.4, 0.5) is 0 Å². The van der Waals surface area contributed by atoms with Gasteiger partial charge in [-0.3, -0.25) is 4.79 Å². The molecule has 0 fully saturated rings. The predicted molar refractivity (Wildman–Crippen MR) is 64.3 cm³/mol. The SMILES string of the molecule is CCc1ccc(CC(Br)C(=O)OC)cc1. The van der Waals surface area contributed by atoms with E-state index >= 15 is 0 Å². The molecular formula is C12H15BrO2. The van der Waals surface area contributed by atoms with E-state index in [-0.39, 0.29) is 10.8 Å². The smallest absolute Gasteiger partial charge is 0.319 e. The number of hydrogen-bond acceptors (Lipinski definition) is 2. The van der Waals surface area contributed by atoms with Gasteiger partial charge in [-0.15, -0.1) is 0 Å².